The number of thiazole rings is 1. The Morgan fingerprint density at radius 2 is 2.00 bits per heavy atom. The number of benzene rings is 1. The molecule has 0 unspecified atom stereocenters. The Hall–Kier alpha value is -1.22. The van der Waals surface area contributed by atoms with E-state index in [1.165, 1.54) is 16.9 Å². The summed E-state index contributed by atoms with van der Waals surface area (Å²) < 4.78 is 13.2. The third kappa shape index (κ3) is 5.88. The molecule has 0 bridgehead atoms. The first-order valence-electron chi connectivity index (χ1n) is 9.31. The van der Waals surface area contributed by atoms with Crippen LogP contribution in [0.25, 0.3) is 0 Å². The van der Waals surface area contributed by atoms with E-state index in [9.17, 15) is 4.39 Å². The molecule has 0 aliphatic heterocycles. The van der Waals surface area contributed by atoms with Gasteiger partial charge in [0, 0.05) is 36.0 Å². The van der Waals surface area contributed by atoms with Crippen molar-refractivity contribution >= 4 is 41.3 Å². The van der Waals surface area contributed by atoms with Crippen molar-refractivity contribution in [2.75, 3.05) is 19.6 Å². The van der Waals surface area contributed by atoms with Crippen molar-refractivity contribution in [2.45, 2.75) is 44.9 Å². The van der Waals surface area contributed by atoms with Gasteiger partial charge in [-0.05, 0) is 44.4 Å². The van der Waals surface area contributed by atoms with Crippen LogP contribution >= 0.6 is 35.3 Å². The quantitative estimate of drug-likeness (QED) is 0.335. The van der Waals surface area contributed by atoms with Crippen LogP contribution in [0.5, 0.6) is 0 Å². The molecule has 0 atom stereocenters. The van der Waals surface area contributed by atoms with Crippen LogP contribution < -0.4 is 10.6 Å². The van der Waals surface area contributed by atoms with Crippen LogP contribution in [0, 0.1) is 12.7 Å². The number of guanidine groups is 1. The third-order valence-corrected chi connectivity index (χ3v) is 5.92. The highest BCUT2D eigenvalue weighted by Gasteiger charge is 2.38. The van der Waals surface area contributed by atoms with Gasteiger partial charge in [-0.3, -0.25) is 4.99 Å². The summed E-state index contributed by atoms with van der Waals surface area (Å²) >= 11 is 1.74. The first-order chi connectivity index (χ1) is 12.6. The van der Waals surface area contributed by atoms with Gasteiger partial charge < -0.3 is 10.6 Å². The largest absolute Gasteiger partial charge is 0.357 e. The Balaban J connectivity index is 0.00000261. The van der Waals surface area contributed by atoms with Gasteiger partial charge in [0.05, 0.1) is 11.6 Å². The second-order valence-electron chi connectivity index (χ2n) is 6.88. The third-order valence-electron chi connectivity index (χ3n) is 4.95. The van der Waals surface area contributed by atoms with Crippen molar-refractivity contribution in [1.29, 1.82) is 0 Å². The lowest BCUT2D eigenvalue weighted by Gasteiger charge is -2.41. The Kier molecular flexibility index (Phi) is 8.47. The van der Waals surface area contributed by atoms with Gasteiger partial charge >= 0.3 is 0 Å². The van der Waals surface area contributed by atoms with Crippen molar-refractivity contribution in [2.24, 2.45) is 4.99 Å². The van der Waals surface area contributed by atoms with Gasteiger partial charge in [-0.15, -0.1) is 35.3 Å². The molecule has 1 fully saturated rings. The predicted molar refractivity (Wildman–Crippen MR) is 122 cm³/mol. The molecule has 0 spiro atoms. The molecule has 0 saturated heterocycles. The molecule has 2 aromatic rings. The van der Waals surface area contributed by atoms with Crippen molar-refractivity contribution < 1.29 is 4.39 Å². The Morgan fingerprint density at radius 3 is 2.56 bits per heavy atom. The van der Waals surface area contributed by atoms with Gasteiger partial charge in [0.1, 0.15) is 5.82 Å². The summed E-state index contributed by atoms with van der Waals surface area (Å²) in [5, 5.41) is 7.87. The van der Waals surface area contributed by atoms with Crippen LogP contribution in [-0.2, 0) is 11.8 Å². The highest BCUT2D eigenvalue weighted by atomic mass is 127. The fourth-order valence-corrected chi connectivity index (χ4v) is 4.11. The van der Waals surface area contributed by atoms with E-state index in [0.717, 1.165) is 49.9 Å². The molecule has 1 saturated carbocycles. The normalized spacial score (nSPS) is 15.6. The van der Waals surface area contributed by atoms with E-state index < -0.39 is 0 Å². The molecule has 0 radical (unpaired) electrons. The van der Waals surface area contributed by atoms with Crippen LogP contribution in [0.4, 0.5) is 4.39 Å². The summed E-state index contributed by atoms with van der Waals surface area (Å²) in [6, 6.07) is 6.93. The first-order valence-corrected chi connectivity index (χ1v) is 10.1. The number of nitrogens with zero attached hydrogens (tertiary/aromatic N) is 2. The van der Waals surface area contributed by atoms with Gasteiger partial charge in [0.2, 0.25) is 0 Å². The van der Waals surface area contributed by atoms with Crippen LogP contribution in [-0.4, -0.2) is 30.6 Å². The second kappa shape index (κ2) is 10.4. The molecular formula is C20H28FIN4S. The fourth-order valence-electron chi connectivity index (χ4n) is 3.32. The zero-order valence-corrected chi connectivity index (χ0v) is 19.1. The summed E-state index contributed by atoms with van der Waals surface area (Å²) in [7, 11) is 0. The smallest absolute Gasteiger partial charge is 0.191 e. The van der Waals surface area contributed by atoms with Crippen molar-refractivity contribution in [3.8, 4) is 0 Å². The molecule has 0 amide bonds. The molecule has 1 aromatic heterocycles. The number of aliphatic imine (C=N–C) groups is 1. The predicted octanol–water partition coefficient (Wildman–Crippen LogP) is 4.43. The number of aryl methyl sites for hydroxylation is 1. The molecule has 3 rings (SSSR count). The summed E-state index contributed by atoms with van der Waals surface area (Å²) in [4.78, 5) is 10.5. The van der Waals surface area contributed by atoms with Gasteiger partial charge in [-0.25, -0.2) is 9.37 Å². The zero-order valence-electron chi connectivity index (χ0n) is 15.9. The molecule has 1 aliphatic carbocycles. The van der Waals surface area contributed by atoms with Crippen molar-refractivity contribution in [3.05, 3.63) is 51.7 Å². The van der Waals surface area contributed by atoms with Crippen LogP contribution in [0.2, 0.25) is 0 Å². The van der Waals surface area contributed by atoms with Crippen molar-refractivity contribution in [3.63, 3.8) is 0 Å². The number of aromatic nitrogens is 1. The second-order valence-corrected chi connectivity index (χ2v) is 8.20. The highest BCUT2D eigenvalue weighted by molar-refractivity contribution is 14.0. The Morgan fingerprint density at radius 1 is 1.26 bits per heavy atom. The lowest BCUT2D eigenvalue weighted by molar-refractivity contribution is 0.253. The number of nitrogens with one attached hydrogen (secondary N) is 2. The first kappa shape index (κ1) is 22.1. The SMILES string of the molecule is CCNC(=NCC1(c2ccc(F)cc2)CCC1)NCCc1ncc(C)s1.I. The molecule has 1 aliphatic rings. The maximum Gasteiger partial charge on any atom is 0.191 e. The molecule has 148 valence electrons. The average molecular weight is 502 g/mol. The molecule has 4 nitrogen and oxygen atoms in total. The molecule has 2 N–H and O–H groups in total. The maximum atomic E-state index is 13.2. The molecule has 1 heterocycles. The van der Waals surface area contributed by atoms with Crippen LogP contribution in [0.1, 0.15) is 41.6 Å². The zero-order chi connectivity index (χ0) is 18.4. The van der Waals surface area contributed by atoms with E-state index in [-0.39, 0.29) is 35.2 Å². The van der Waals surface area contributed by atoms with E-state index in [0.29, 0.717) is 0 Å². The molecular weight excluding hydrogens is 474 g/mol. The number of hydrogen-bond acceptors (Lipinski definition) is 3. The van der Waals surface area contributed by atoms with Crippen LogP contribution in [0.3, 0.4) is 0 Å². The molecule has 1 aromatic carbocycles. The summed E-state index contributed by atoms with van der Waals surface area (Å²) in [6.07, 6.45) is 6.24. The van der Waals surface area contributed by atoms with Gasteiger partial charge in [0.15, 0.2) is 5.96 Å². The minimum absolute atomic E-state index is 0. The van der Waals surface area contributed by atoms with Crippen molar-refractivity contribution in [1.82, 2.24) is 15.6 Å². The lowest BCUT2D eigenvalue weighted by atomic mass is 9.64. The Labute approximate surface area is 182 Å². The molecule has 27 heavy (non-hydrogen) atoms. The topological polar surface area (TPSA) is 49.3 Å². The number of rotatable bonds is 7. The standard InChI is InChI=1S/C20H27FN4S.HI/c1-3-22-19(23-12-9-18-24-13-15(2)26-18)25-14-20(10-4-11-20)16-5-7-17(21)8-6-16;/h5-8,13H,3-4,9-12,14H2,1-2H3,(H2,22,23,25);1H. The molecule has 7 heteroatoms. The average Bonchev–Trinajstić information content (AvgIpc) is 3.00. The lowest BCUT2D eigenvalue weighted by Crippen LogP contribution is -2.42. The monoisotopic (exact) mass is 502 g/mol. The number of halogens is 2. The van der Waals surface area contributed by atoms with E-state index in [2.05, 4.69) is 29.5 Å². The summed E-state index contributed by atoms with van der Waals surface area (Å²) in [5.41, 5.74) is 1.26. The summed E-state index contributed by atoms with van der Waals surface area (Å²) in [6.45, 7) is 6.51. The minimum atomic E-state index is -0.181. The van der Waals surface area contributed by atoms with E-state index in [1.54, 1.807) is 23.5 Å². The minimum Gasteiger partial charge on any atom is -0.357 e. The summed E-state index contributed by atoms with van der Waals surface area (Å²) in [5.74, 6) is 0.660. The van der Waals surface area contributed by atoms with Gasteiger partial charge in [-0.1, -0.05) is 18.6 Å². The van der Waals surface area contributed by atoms with Crippen LogP contribution in [0.15, 0.2) is 35.5 Å². The number of hydrogen-bond donors (Lipinski definition) is 2. The van der Waals surface area contributed by atoms with Gasteiger partial charge in [0.25, 0.3) is 0 Å². The van der Waals surface area contributed by atoms with E-state index in [4.69, 9.17) is 4.99 Å². The maximum absolute atomic E-state index is 13.2. The van der Waals surface area contributed by atoms with E-state index in [1.807, 2.05) is 18.3 Å². The van der Waals surface area contributed by atoms with E-state index >= 15 is 0 Å². The fraction of sp³-hybridized carbons (Fsp3) is 0.500. The Bertz CT molecular complexity index is 741. The highest BCUT2D eigenvalue weighted by Crippen LogP contribution is 2.44. The van der Waals surface area contributed by atoms with Gasteiger partial charge in [-0.2, -0.15) is 0 Å².